The number of nitrogens with zero attached hydrogens (tertiary/aromatic N) is 1. The molecule has 56 valence electrons. The van der Waals surface area contributed by atoms with Crippen molar-refractivity contribution in [2.45, 2.75) is 13.0 Å². The molecule has 1 aromatic rings. The molecule has 0 saturated carbocycles. The van der Waals surface area contributed by atoms with E-state index in [4.69, 9.17) is 11.7 Å². The van der Waals surface area contributed by atoms with Crippen LogP contribution in [0.5, 0.6) is 5.75 Å². The minimum atomic E-state index is -0.115. The van der Waals surface area contributed by atoms with Crippen LogP contribution in [0.4, 0.5) is 0 Å². The summed E-state index contributed by atoms with van der Waals surface area (Å²) < 4.78 is 0. The Balaban J connectivity index is 2.92. The van der Waals surface area contributed by atoms with Gasteiger partial charge in [0.25, 0.3) is 0 Å². The highest BCUT2D eigenvalue weighted by Gasteiger charge is 2.06. The average Bonchev–Trinajstić information content (AvgIpc) is 2.05. The summed E-state index contributed by atoms with van der Waals surface area (Å²) in [4.78, 5) is 3.36. The molecule has 1 N–H and O–H groups in total. The van der Waals surface area contributed by atoms with Gasteiger partial charge in [-0.15, -0.1) is 0 Å². The molecule has 0 spiro atoms. The molecule has 0 radical (unpaired) electrons. The summed E-state index contributed by atoms with van der Waals surface area (Å²) in [7, 11) is 0. The minimum absolute atomic E-state index is 0.115. The summed E-state index contributed by atoms with van der Waals surface area (Å²) in [6.07, 6.45) is 0. The van der Waals surface area contributed by atoms with Crippen LogP contribution in [-0.4, -0.2) is 5.11 Å². The third-order valence-corrected chi connectivity index (χ3v) is 1.57. The summed E-state index contributed by atoms with van der Waals surface area (Å²) >= 11 is 0. The summed E-state index contributed by atoms with van der Waals surface area (Å²) in [5.74, 6) is 0.242. The van der Waals surface area contributed by atoms with Crippen LogP contribution in [0.15, 0.2) is 24.3 Å². The van der Waals surface area contributed by atoms with E-state index in [0.29, 0.717) is 0 Å². The highest BCUT2D eigenvalue weighted by atomic mass is 16.3. The lowest BCUT2D eigenvalue weighted by molar-refractivity contribution is 0.475. The van der Waals surface area contributed by atoms with Crippen LogP contribution in [0, 0.1) is 6.57 Å². The standard InChI is InChI=1S/C9H9NO/c1-7(10-2)8-3-5-9(11)6-4-8/h3-7,11H,1H3. The third-order valence-electron chi connectivity index (χ3n) is 1.57. The van der Waals surface area contributed by atoms with E-state index in [1.807, 2.05) is 6.92 Å². The van der Waals surface area contributed by atoms with Gasteiger partial charge in [-0.3, -0.25) is 0 Å². The Morgan fingerprint density at radius 1 is 1.36 bits per heavy atom. The van der Waals surface area contributed by atoms with E-state index < -0.39 is 0 Å². The summed E-state index contributed by atoms with van der Waals surface area (Å²) in [5.41, 5.74) is 0.942. The molecular formula is C9H9NO. The quantitative estimate of drug-likeness (QED) is 0.606. The molecule has 1 atom stereocenters. The first kappa shape index (κ1) is 7.62. The second-order valence-electron chi connectivity index (χ2n) is 2.40. The number of aromatic hydroxyl groups is 1. The van der Waals surface area contributed by atoms with Gasteiger partial charge in [0.2, 0.25) is 6.04 Å². The molecular weight excluding hydrogens is 138 g/mol. The monoisotopic (exact) mass is 147 g/mol. The predicted octanol–water partition coefficient (Wildman–Crippen LogP) is 2.37. The van der Waals surface area contributed by atoms with Crippen LogP contribution in [0.2, 0.25) is 0 Å². The van der Waals surface area contributed by atoms with Crippen LogP contribution in [0.25, 0.3) is 4.85 Å². The minimum Gasteiger partial charge on any atom is -0.508 e. The Morgan fingerprint density at radius 3 is 2.36 bits per heavy atom. The smallest absolute Gasteiger partial charge is 0.245 e. The van der Waals surface area contributed by atoms with E-state index in [1.165, 1.54) is 0 Å². The predicted molar refractivity (Wildman–Crippen MR) is 43.1 cm³/mol. The van der Waals surface area contributed by atoms with Crippen molar-refractivity contribution in [1.29, 1.82) is 0 Å². The van der Waals surface area contributed by atoms with E-state index in [0.717, 1.165) is 5.56 Å². The maximum atomic E-state index is 8.93. The molecule has 0 aliphatic heterocycles. The maximum Gasteiger partial charge on any atom is 0.245 e. The van der Waals surface area contributed by atoms with Crippen LogP contribution in [0.3, 0.4) is 0 Å². The van der Waals surface area contributed by atoms with Crippen molar-refractivity contribution in [3.8, 4) is 5.75 Å². The topological polar surface area (TPSA) is 24.6 Å². The van der Waals surface area contributed by atoms with Crippen molar-refractivity contribution >= 4 is 0 Å². The highest BCUT2D eigenvalue weighted by molar-refractivity contribution is 5.28. The maximum absolute atomic E-state index is 8.93. The first-order valence-corrected chi connectivity index (χ1v) is 3.39. The van der Waals surface area contributed by atoms with E-state index in [1.54, 1.807) is 24.3 Å². The zero-order valence-electron chi connectivity index (χ0n) is 6.28. The van der Waals surface area contributed by atoms with Gasteiger partial charge < -0.3 is 9.95 Å². The summed E-state index contributed by atoms with van der Waals surface area (Å²) in [5, 5.41) is 8.93. The van der Waals surface area contributed by atoms with Gasteiger partial charge >= 0.3 is 0 Å². The second kappa shape index (κ2) is 3.07. The van der Waals surface area contributed by atoms with E-state index in [-0.39, 0.29) is 11.8 Å². The van der Waals surface area contributed by atoms with Gasteiger partial charge in [-0.25, -0.2) is 6.57 Å². The zero-order chi connectivity index (χ0) is 8.27. The Bertz CT molecular complexity index is 271. The third kappa shape index (κ3) is 1.71. The summed E-state index contributed by atoms with van der Waals surface area (Å²) in [6, 6.07) is 6.60. The zero-order valence-corrected chi connectivity index (χ0v) is 6.28. The molecule has 0 amide bonds. The Morgan fingerprint density at radius 2 is 1.91 bits per heavy atom. The van der Waals surface area contributed by atoms with E-state index >= 15 is 0 Å². The van der Waals surface area contributed by atoms with Crippen LogP contribution < -0.4 is 0 Å². The number of phenols is 1. The molecule has 2 nitrogen and oxygen atoms in total. The molecule has 2 heteroatoms. The Labute approximate surface area is 65.9 Å². The number of hydrogen-bond donors (Lipinski definition) is 1. The van der Waals surface area contributed by atoms with Gasteiger partial charge in [0, 0.05) is 12.5 Å². The van der Waals surface area contributed by atoms with Gasteiger partial charge in [-0.05, 0) is 24.3 Å². The van der Waals surface area contributed by atoms with Gasteiger partial charge in [0.1, 0.15) is 5.75 Å². The molecule has 1 unspecified atom stereocenters. The average molecular weight is 147 g/mol. The normalized spacial score (nSPS) is 12.0. The van der Waals surface area contributed by atoms with Gasteiger partial charge in [0.05, 0.1) is 0 Å². The van der Waals surface area contributed by atoms with Crippen molar-refractivity contribution < 1.29 is 5.11 Å². The highest BCUT2D eigenvalue weighted by Crippen LogP contribution is 2.18. The Kier molecular flexibility index (Phi) is 2.12. The molecule has 1 aromatic carbocycles. The molecule has 0 aromatic heterocycles. The molecule has 0 saturated heterocycles. The van der Waals surface area contributed by atoms with Crippen molar-refractivity contribution in [2.24, 2.45) is 0 Å². The first-order chi connectivity index (χ1) is 5.24. The number of phenolic OH excluding ortho intramolecular Hbond substituents is 1. The van der Waals surface area contributed by atoms with Crippen LogP contribution >= 0.6 is 0 Å². The number of rotatable bonds is 1. The molecule has 0 aliphatic carbocycles. The van der Waals surface area contributed by atoms with E-state index in [9.17, 15) is 0 Å². The van der Waals surface area contributed by atoms with Gasteiger partial charge in [0.15, 0.2) is 0 Å². The van der Waals surface area contributed by atoms with Crippen molar-refractivity contribution in [3.05, 3.63) is 41.2 Å². The fraction of sp³-hybridized carbons (Fsp3) is 0.222. The lowest BCUT2D eigenvalue weighted by Gasteiger charge is -1.97. The van der Waals surface area contributed by atoms with Crippen molar-refractivity contribution in [3.63, 3.8) is 0 Å². The largest absolute Gasteiger partial charge is 0.508 e. The van der Waals surface area contributed by atoms with Crippen LogP contribution in [-0.2, 0) is 0 Å². The summed E-state index contributed by atoms with van der Waals surface area (Å²) in [6.45, 7) is 8.60. The van der Waals surface area contributed by atoms with Crippen LogP contribution in [0.1, 0.15) is 18.5 Å². The second-order valence-corrected chi connectivity index (χ2v) is 2.40. The number of hydrogen-bond acceptors (Lipinski definition) is 1. The Hall–Kier alpha value is -1.49. The molecule has 0 bridgehead atoms. The molecule has 1 rings (SSSR count). The molecule has 0 aliphatic rings. The SMILES string of the molecule is [C-]#[N+]C(C)c1ccc(O)cc1. The van der Waals surface area contributed by atoms with Gasteiger partial charge in [-0.2, -0.15) is 0 Å². The lowest BCUT2D eigenvalue weighted by Crippen LogP contribution is -1.84. The van der Waals surface area contributed by atoms with Crippen molar-refractivity contribution in [2.75, 3.05) is 0 Å². The first-order valence-electron chi connectivity index (χ1n) is 3.39. The fourth-order valence-corrected chi connectivity index (χ4v) is 0.827. The lowest BCUT2D eigenvalue weighted by atomic mass is 10.1. The van der Waals surface area contributed by atoms with Gasteiger partial charge in [-0.1, -0.05) is 0 Å². The molecule has 0 fully saturated rings. The molecule has 0 heterocycles. The van der Waals surface area contributed by atoms with Crippen molar-refractivity contribution in [1.82, 2.24) is 0 Å². The van der Waals surface area contributed by atoms with E-state index in [2.05, 4.69) is 4.85 Å². The number of benzene rings is 1. The fourth-order valence-electron chi connectivity index (χ4n) is 0.827. The molecule has 11 heavy (non-hydrogen) atoms.